The monoisotopic (exact) mass is 435 g/mol. The molecule has 0 radical (unpaired) electrons. The van der Waals surface area contributed by atoms with Crippen LogP contribution in [-0.2, 0) is 11.2 Å². The summed E-state index contributed by atoms with van der Waals surface area (Å²) in [5, 5.41) is 3.57. The fraction of sp³-hybridized carbons (Fsp3) is 0.267. The lowest BCUT2D eigenvalue weighted by Crippen LogP contribution is -2.26. The number of halogens is 2. The predicted molar refractivity (Wildman–Crippen MR) is 95.3 cm³/mol. The molecule has 0 saturated heterocycles. The number of hydrogen-bond donors (Lipinski definition) is 1. The zero-order valence-electron chi connectivity index (χ0n) is 11.3. The summed E-state index contributed by atoms with van der Waals surface area (Å²) in [6.45, 7) is 1.03. The summed E-state index contributed by atoms with van der Waals surface area (Å²) in [4.78, 5) is 13.0. The van der Waals surface area contributed by atoms with Crippen molar-refractivity contribution in [1.82, 2.24) is 5.32 Å². The van der Waals surface area contributed by atoms with Crippen LogP contribution < -0.4 is 10.1 Å². The van der Waals surface area contributed by atoms with E-state index in [9.17, 15) is 4.79 Å². The zero-order valence-corrected chi connectivity index (χ0v) is 15.0. The molecule has 112 valence electrons. The normalized spacial score (nSPS) is 10.4. The molecule has 1 aromatic heterocycles. The number of rotatable bonds is 7. The van der Waals surface area contributed by atoms with Gasteiger partial charge in [0.1, 0.15) is 5.75 Å². The Morgan fingerprint density at radius 1 is 1.24 bits per heavy atom. The van der Waals surface area contributed by atoms with Gasteiger partial charge in [0.05, 0.1) is 15.9 Å². The molecule has 1 N–H and O–H groups in total. The fourth-order valence-electron chi connectivity index (χ4n) is 1.69. The minimum absolute atomic E-state index is 0.00946. The minimum atomic E-state index is 0.00946. The average Bonchev–Trinajstić information content (AvgIpc) is 2.87. The molecule has 0 aliphatic heterocycles. The third kappa shape index (κ3) is 6.23. The standard InChI is InChI=1S/C15H15ClINO2S/c16-11-1-3-12(4-2-11)20-10-8-15(19)18-9-7-13-5-6-14(17)21-13/h1-6H,7-10H2,(H,18,19). The van der Waals surface area contributed by atoms with Crippen LogP contribution >= 0.6 is 45.5 Å². The third-order valence-corrected chi connectivity index (χ3v) is 4.94. The first-order chi connectivity index (χ1) is 10.1. The van der Waals surface area contributed by atoms with Crippen LogP contribution in [0.3, 0.4) is 0 Å². The number of nitrogens with one attached hydrogen (secondary N) is 1. The van der Waals surface area contributed by atoms with E-state index in [0.29, 0.717) is 24.6 Å². The number of amides is 1. The molecule has 2 rings (SSSR count). The van der Waals surface area contributed by atoms with Crippen molar-refractivity contribution in [3.63, 3.8) is 0 Å². The van der Waals surface area contributed by atoms with E-state index in [4.69, 9.17) is 16.3 Å². The molecular weight excluding hydrogens is 421 g/mol. The number of hydrogen-bond acceptors (Lipinski definition) is 3. The molecule has 1 amide bonds. The Labute approximate surface area is 146 Å². The molecule has 1 heterocycles. The van der Waals surface area contributed by atoms with Gasteiger partial charge in [-0.3, -0.25) is 4.79 Å². The Balaban J connectivity index is 1.60. The van der Waals surface area contributed by atoms with Crippen LogP contribution in [0.5, 0.6) is 5.75 Å². The summed E-state index contributed by atoms with van der Waals surface area (Å²) >= 11 is 9.84. The Hall–Kier alpha value is -0.790. The van der Waals surface area contributed by atoms with Gasteiger partial charge in [-0.05, 0) is 65.4 Å². The smallest absolute Gasteiger partial charge is 0.223 e. The second kappa shape index (κ2) is 8.60. The first-order valence-electron chi connectivity index (χ1n) is 6.53. The molecule has 3 nitrogen and oxygen atoms in total. The zero-order chi connectivity index (χ0) is 15.1. The van der Waals surface area contributed by atoms with Gasteiger partial charge in [-0.15, -0.1) is 11.3 Å². The van der Waals surface area contributed by atoms with Crippen LogP contribution in [0.25, 0.3) is 0 Å². The summed E-state index contributed by atoms with van der Waals surface area (Å²) < 4.78 is 6.75. The number of carbonyl (C=O) groups excluding carboxylic acids is 1. The topological polar surface area (TPSA) is 38.3 Å². The molecule has 2 aromatic rings. The maximum absolute atomic E-state index is 11.7. The number of benzene rings is 1. The quantitative estimate of drug-likeness (QED) is 0.664. The predicted octanol–water partition coefficient (Wildman–Crippen LogP) is 4.13. The number of carbonyl (C=O) groups is 1. The highest BCUT2D eigenvalue weighted by Crippen LogP contribution is 2.18. The van der Waals surface area contributed by atoms with E-state index in [1.54, 1.807) is 35.6 Å². The molecule has 6 heteroatoms. The van der Waals surface area contributed by atoms with Gasteiger partial charge >= 0.3 is 0 Å². The van der Waals surface area contributed by atoms with Gasteiger partial charge in [-0.2, -0.15) is 0 Å². The Morgan fingerprint density at radius 2 is 2.00 bits per heavy atom. The molecule has 0 bridgehead atoms. The Morgan fingerprint density at radius 3 is 2.67 bits per heavy atom. The first-order valence-corrected chi connectivity index (χ1v) is 8.80. The molecule has 0 spiro atoms. The summed E-state index contributed by atoms with van der Waals surface area (Å²) in [6, 6.07) is 11.3. The van der Waals surface area contributed by atoms with Crippen LogP contribution in [0.4, 0.5) is 0 Å². The van der Waals surface area contributed by atoms with Crippen LogP contribution in [0.2, 0.25) is 5.02 Å². The van der Waals surface area contributed by atoms with Crippen molar-refractivity contribution in [1.29, 1.82) is 0 Å². The van der Waals surface area contributed by atoms with Crippen molar-refractivity contribution >= 4 is 51.4 Å². The molecule has 0 atom stereocenters. The van der Waals surface area contributed by atoms with Crippen LogP contribution in [0.1, 0.15) is 11.3 Å². The molecular formula is C15H15ClINO2S. The van der Waals surface area contributed by atoms with Gasteiger partial charge in [0.15, 0.2) is 0 Å². The molecule has 0 aliphatic rings. The molecule has 0 fully saturated rings. The largest absolute Gasteiger partial charge is 0.493 e. The summed E-state index contributed by atoms with van der Waals surface area (Å²) in [5.41, 5.74) is 0. The van der Waals surface area contributed by atoms with Gasteiger partial charge in [0, 0.05) is 16.4 Å². The van der Waals surface area contributed by atoms with Crippen LogP contribution in [0, 0.1) is 2.88 Å². The summed E-state index contributed by atoms with van der Waals surface area (Å²) in [6.07, 6.45) is 1.22. The second-order valence-corrected chi connectivity index (χ2v) is 7.86. The van der Waals surface area contributed by atoms with Gasteiger partial charge in [-0.1, -0.05) is 11.6 Å². The first kappa shape index (κ1) is 16.6. The highest BCUT2D eigenvalue weighted by molar-refractivity contribution is 14.1. The Bertz CT molecular complexity index is 586. The van der Waals surface area contributed by atoms with Gasteiger partial charge < -0.3 is 10.1 Å². The molecule has 0 saturated carbocycles. The Kier molecular flexibility index (Phi) is 6.79. The molecule has 21 heavy (non-hydrogen) atoms. The highest BCUT2D eigenvalue weighted by atomic mass is 127. The third-order valence-electron chi connectivity index (χ3n) is 2.73. The van der Waals surface area contributed by atoms with Crippen LogP contribution in [0.15, 0.2) is 36.4 Å². The second-order valence-electron chi connectivity index (χ2n) is 4.36. The summed E-state index contributed by atoms with van der Waals surface area (Å²) in [5.74, 6) is 0.732. The maximum Gasteiger partial charge on any atom is 0.223 e. The van der Waals surface area contributed by atoms with Crippen molar-refractivity contribution < 1.29 is 9.53 Å². The minimum Gasteiger partial charge on any atom is -0.493 e. The van der Waals surface area contributed by atoms with E-state index in [-0.39, 0.29) is 5.91 Å². The van der Waals surface area contributed by atoms with E-state index in [2.05, 4.69) is 40.0 Å². The highest BCUT2D eigenvalue weighted by Gasteiger charge is 2.03. The van der Waals surface area contributed by atoms with Crippen molar-refractivity contribution in [2.24, 2.45) is 0 Å². The van der Waals surface area contributed by atoms with Crippen molar-refractivity contribution in [3.05, 3.63) is 49.2 Å². The van der Waals surface area contributed by atoms with Crippen molar-refractivity contribution in [2.75, 3.05) is 13.2 Å². The van der Waals surface area contributed by atoms with Gasteiger partial charge in [0.2, 0.25) is 5.91 Å². The SMILES string of the molecule is O=C(CCOc1ccc(Cl)cc1)NCCc1ccc(I)s1. The van der Waals surface area contributed by atoms with Gasteiger partial charge in [0.25, 0.3) is 0 Å². The van der Waals surface area contributed by atoms with E-state index < -0.39 is 0 Å². The average molecular weight is 436 g/mol. The van der Waals surface area contributed by atoms with Crippen molar-refractivity contribution in [2.45, 2.75) is 12.8 Å². The van der Waals surface area contributed by atoms with Crippen molar-refractivity contribution in [3.8, 4) is 5.75 Å². The molecule has 0 aliphatic carbocycles. The van der Waals surface area contributed by atoms with E-state index >= 15 is 0 Å². The molecule has 0 unspecified atom stereocenters. The number of thiophene rings is 1. The number of ether oxygens (including phenoxy) is 1. The van der Waals surface area contributed by atoms with E-state index in [1.165, 1.54) is 7.76 Å². The molecule has 1 aromatic carbocycles. The van der Waals surface area contributed by atoms with E-state index in [0.717, 1.165) is 12.2 Å². The fourth-order valence-corrected chi connectivity index (χ4v) is 3.57. The van der Waals surface area contributed by atoms with Gasteiger partial charge in [-0.25, -0.2) is 0 Å². The van der Waals surface area contributed by atoms with E-state index in [1.807, 2.05) is 0 Å². The van der Waals surface area contributed by atoms with Crippen LogP contribution in [-0.4, -0.2) is 19.1 Å². The lowest BCUT2D eigenvalue weighted by molar-refractivity contribution is -0.121. The maximum atomic E-state index is 11.7. The lowest BCUT2D eigenvalue weighted by atomic mass is 10.3. The lowest BCUT2D eigenvalue weighted by Gasteiger charge is -2.07. The summed E-state index contributed by atoms with van der Waals surface area (Å²) in [7, 11) is 0.